The van der Waals surface area contributed by atoms with Gasteiger partial charge in [-0.2, -0.15) is 0 Å². The quantitative estimate of drug-likeness (QED) is 0.661. The van der Waals surface area contributed by atoms with E-state index in [-0.39, 0.29) is 12.1 Å². The lowest BCUT2D eigenvalue weighted by molar-refractivity contribution is 0.237. The molecule has 2 amide bonds. The summed E-state index contributed by atoms with van der Waals surface area (Å²) in [5.74, 6) is 0.608. The Kier molecular flexibility index (Phi) is 4.22. The summed E-state index contributed by atoms with van der Waals surface area (Å²) in [7, 11) is 1.74. The maximum absolute atomic E-state index is 11.9. The number of aromatic nitrogens is 5. The number of hydrogen-bond donors (Lipinski definition) is 3. The molecule has 8 nitrogen and oxygen atoms in total. The summed E-state index contributed by atoms with van der Waals surface area (Å²) < 4.78 is 1.54. The number of H-pyrrole nitrogens is 1. The number of rotatable bonds is 5. The van der Waals surface area contributed by atoms with E-state index in [2.05, 4.69) is 37.2 Å². The van der Waals surface area contributed by atoms with E-state index < -0.39 is 0 Å². The van der Waals surface area contributed by atoms with Gasteiger partial charge in [0.25, 0.3) is 0 Å². The molecule has 8 heteroatoms. The Hall–Kier alpha value is -2.90. The number of fused-ring (bicyclic) bond motifs is 1. The summed E-state index contributed by atoms with van der Waals surface area (Å²) in [4.78, 5) is 15.2. The van der Waals surface area contributed by atoms with Gasteiger partial charge in [0.2, 0.25) is 0 Å². The predicted octanol–water partition coefficient (Wildman–Crippen LogP) is 1.29. The second kappa shape index (κ2) is 6.47. The Morgan fingerprint density at radius 3 is 3.00 bits per heavy atom. The van der Waals surface area contributed by atoms with Gasteiger partial charge in [-0.15, -0.1) is 5.10 Å². The van der Waals surface area contributed by atoms with Crippen molar-refractivity contribution in [2.75, 3.05) is 6.54 Å². The van der Waals surface area contributed by atoms with Crippen molar-refractivity contribution in [1.29, 1.82) is 0 Å². The summed E-state index contributed by atoms with van der Waals surface area (Å²) in [6.07, 6.45) is 2.75. The third-order valence-corrected chi connectivity index (χ3v) is 3.74. The lowest BCUT2D eigenvalue weighted by atomic mass is 10.1. The first-order valence-electron chi connectivity index (χ1n) is 7.47. The number of carbonyl (C=O) groups is 1. The van der Waals surface area contributed by atoms with Crippen LogP contribution in [-0.4, -0.2) is 37.8 Å². The van der Waals surface area contributed by atoms with Crippen LogP contribution in [0.25, 0.3) is 10.9 Å². The zero-order valence-electron chi connectivity index (χ0n) is 13.1. The first-order valence-corrected chi connectivity index (χ1v) is 7.47. The zero-order chi connectivity index (χ0) is 16.2. The maximum atomic E-state index is 11.9. The molecule has 2 heterocycles. The first kappa shape index (κ1) is 15.0. The average Bonchev–Trinajstić information content (AvgIpc) is 3.14. The predicted molar refractivity (Wildman–Crippen MR) is 85.8 cm³/mol. The van der Waals surface area contributed by atoms with Crippen LogP contribution in [0.3, 0.4) is 0 Å². The van der Waals surface area contributed by atoms with E-state index in [1.165, 1.54) is 15.6 Å². The number of nitrogens with one attached hydrogen (secondary N) is 3. The second-order valence-electron chi connectivity index (χ2n) is 5.39. The van der Waals surface area contributed by atoms with Crippen molar-refractivity contribution in [3.05, 3.63) is 41.9 Å². The number of aryl methyl sites for hydroxylation is 1. The molecule has 0 fully saturated rings. The summed E-state index contributed by atoms with van der Waals surface area (Å²) in [6.45, 7) is 2.39. The van der Waals surface area contributed by atoms with Crippen LogP contribution in [0.15, 0.2) is 30.5 Å². The van der Waals surface area contributed by atoms with E-state index in [9.17, 15) is 4.79 Å². The van der Waals surface area contributed by atoms with Crippen LogP contribution in [-0.2, 0) is 13.5 Å². The van der Waals surface area contributed by atoms with E-state index in [4.69, 9.17) is 0 Å². The zero-order valence-corrected chi connectivity index (χ0v) is 13.1. The Morgan fingerprint density at radius 1 is 1.39 bits per heavy atom. The molecule has 0 saturated carbocycles. The molecule has 23 heavy (non-hydrogen) atoms. The SMILES string of the molecule is C[C@@H](NC(=O)NCCc1c[nH]c2ccccc12)c1nnnn1C. The van der Waals surface area contributed by atoms with Crippen molar-refractivity contribution >= 4 is 16.9 Å². The Bertz CT molecular complexity index is 807. The van der Waals surface area contributed by atoms with Crippen LogP contribution < -0.4 is 10.6 Å². The topological polar surface area (TPSA) is 101 Å². The normalized spacial score (nSPS) is 12.3. The summed E-state index contributed by atoms with van der Waals surface area (Å²) in [5.41, 5.74) is 2.29. The fraction of sp³-hybridized carbons (Fsp3) is 0.333. The van der Waals surface area contributed by atoms with Crippen molar-refractivity contribution in [3.63, 3.8) is 0 Å². The number of amides is 2. The fourth-order valence-corrected chi connectivity index (χ4v) is 2.56. The van der Waals surface area contributed by atoms with Crippen LogP contribution in [0.1, 0.15) is 24.4 Å². The maximum Gasteiger partial charge on any atom is 0.315 e. The number of para-hydroxylation sites is 1. The van der Waals surface area contributed by atoms with Gasteiger partial charge >= 0.3 is 6.03 Å². The van der Waals surface area contributed by atoms with E-state index >= 15 is 0 Å². The monoisotopic (exact) mass is 313 g/mol. The highest BCUT2D eigenvalue weighted by atomic mass is 16.2. The molecule has 2 aromatic heterocycles. The van der Waals surface area contributed by atoms with Crippen LogP contribution in [0, 0.1) is 0 Å². The Balaban J connectivity index is 1.50. The van der Waals surface area contributed by atoms with Crippen LogP contribution in [0.5, 0.6) is 0 Å². The molecule has 0 spiro atoms. The van der Waals surface area contributed by atoms with Gasteiger partial charge in [0.05, 0.1) is 6.04 Å². The molecule has 0 saturated heterocycles. The van der Waals surface area contributed by atoms with Gasteiger partial charge in [0, 0.05) is 30.7 Å². The number of nitrogens with zero attached hydrogens (tertiary/aromatic N) is 4. The molecule has 0 unspecified atom stereocenters. The van der Waals surface area contributed by atoms with Crippen molar-refractivity contribution in [3.8, 4) is 0 Å². The molecule has 0 aliphatic carbocycles. The molecule has 3 aromatic rings. The molecule has 3 N–H and O–H groups in total. The Morgan fingerprint density at radius 2 is 2.22 bits per heavy atom. The van der Waals surface area contributed by atoms with Gasteiger partial charge in [0.1, 0.15) is 0 Å². The highest BCUT2D eigenvalue weighted by Crippen LogP contribution is 2.17. The summed E-state index contributed by atoms with van der Waals surface area (Å²) >= 11 is 0. The smallest absolute Gasteiger partial charge is 0.315 e. The minimum Gasteiger partial charge on any atom is -0.361 e. The van der Waals surface area contributed by atoms with Gasteiger partial charge in [0.15, 0.2) is 5.82 Å². The van der Waals surface area contributed by atoms with Gasteiger partial charge in [-0.1, -0.05) is 18.2 Å². The van der Waals surface area contributed by atoms with E-state index in [0.717, 1.165) is 11.9 Å². The van der Waals surface area contributed by atoms with Crippen LogP contribution in [0.2, 0.25) is 0 Å². The summed E-state index contributed by atoms with van der Waals surface area (Å²) in [5, 5.41) is 18.1. The summed E-state index contributed by atoms with van der Waals surface area (Å²) in [6, 6.07) is 7.62. The van der Waals surface area contributed by atoms with Crippen LogP contribution in [0.4, 0.5) is 4.79 Å². The van der Waals surface area contributed by atoms with E-state index in [1.807, 2.05) is 31.3 Å². The Labute approximate surface area is 133 Å². The first-order chi connectivity index (χ1) is 11.1. The molecular weight excluding hydrogens is 294 g/mol. The third-order valence-electron chi connectivity index (χ3n) is 3.74. The highest BCUT2D eigenvalue weighted by molar-refractivity contribution is 5.83. The molecule has 0 bridgehead atoms. The third kappa shape index (κ3) is 3.31. The standard InChI is InChI=1S/C15H19N7O/c1-10(14-19-20-21-22(14)2)18-15(23)16-8-7-11-9-17-13-6-4-3-5-12(11)13/h3-6,9-10,17H,7-8H2,1-2H3,(H2,16,18,23)/t10-/m1/s1. The minimum atomic E-state index is -0.261. The van der Waals surface area contributed by atoms with Crippen LogP contribution >= 0.6 is 0 Å². The molecule has 0 aliphatic rings. The van der Waals surface area contributed by atoms with E-state index in [1.54, 1.807) is 7.05 Å². The fourth-order valence-electron chi connectivity index (χ4n) is 2.56. The van der Waals surface area contributed by atoms with Crippen molar-refractivity contribution < 1.29 is 4.79 Å². The van der Waals surface area contributed by atoms with Crippen molar-refractivity contribution in [2.45, 2.75) is 19.4 Å². The number of carbonyl (C=O) groups excluding carboxylic acids is 1. The number of benzene rings is 1. The highest BCUT2D eigenvalue weighted by Gasteiger charge is 2.14. The number of tetrazole rings is 1. The molecule has 1 aromatic carbocycles. The molecule has 1 atom stereocenters. The molecule has 0 aliphatic heterocycles. The minimum absolute atomic E-state index is 0.236. The van der Waals surface area contributed by atoms with Gasteiger partial charge in [-0.25, -0.2) is 9.48 Å². The average molecular weight is 313 g/mol. The lowest BCUT2D eigenvalue weighted by Gasteiger charge is -2.13. The molecule has 0 radical (unpaired) electrons. The van der Waals surface area contributed by atoms with Gasteiger partial charge in [-0.3, -0.25) is 0 Å². The molecule has 3 rings (SSSR count). The van der Waals surface area contributed by atoms with Crippen molar-refractivity contribution in [2.24, 2.45) is 7.05 Å². The lowest BCUT2D eigenvalue weighted by Crippen LogP contribution is -2.38. The van der Waals surface area contributed by atoms with Gasteiger partial charge < -0.3 is 15.6 Å². The van der Waals surface area contributed by atoms with Gasteiger partial charge in [-0.05, 0) is 35.4 Å². The second-order valence-corrected chi connectivity index (χ2v) is 5.39. The number of aromatic amines is 1. The van der Waals surface area contributed by atoms with E-state index in [0.29, 0.717) is 12.4 Å². The number of hydrogen-bond acceptors (Lipinski definition) is 4. The molecule has 120 valence electrons. The van der Waals surface area contributed by atoms with Crippen molar-refractivity contribution in [1.82, 2.24) is 35.8 Å². The molecular formula is C15H19N7O. The number of urea groups is 1. The largest absolute Gasteiger partial charge is 0.361 e.